The van der Waals surface area contributed by atoms with Crippen LogP contribution in [0, 0.1) is 0 Å². The second-order valence-electron chi connectivity index (χ2n) is 10.2. The van der Waals surface area contributed by atoms with Crippen molar-refractivity contribution < 1.29 is 19.0 Å². The Kier molecular flexibility index (Phi) is 11.2. The maximum Gasteiger partial charge on any atom is 0.247 e. The molecule has 0 atom stereocenters. The molecule has 1 amide bonds. The van der Waals surface area contributed by atoms with E-state index in [-0.39, 0.29) is 5.91 Å². The predicted molar refractivity (Wildman–Crippen MR) is 176 cm³/mol. The van der Waals surface area contributed by atoms with E-state index in [9.17, 15) is 4.79 Å². The van der Waals surface area contributed by atoms with Gasteiger partial charge in [-0.25, -0.2) is 9.97 Å². The van der Waals surface area contributed by atoms with Crippen LogP contribution in [-0.4, -0.2) is 72.3 Å². The Bertz CT molecular complexity index is 1580. The SMILES string of the molecule is C=CC(=O)Nc1cc(Nc2ncnc(N(C)c3ccc(OCc4ccccc4)c(Cl)c3)n2)ccc1OCCCN1CCOCC1. The highest BCUT2D eigenvalue weighted by atomic mass is 35.5. The van der Waals surface area contributed by atoms with E-state index in [1.807, 2.05) is 55.6 Å². The minimum absolute atomic E-state index is 0.320. The summed E-state index contributed by atoms with van der Waals surface area (Å²) in [5.74, 6) is 1.52. The Morgan fingerprint density at radius 2 is 1.87 bits per heavy atom. The Morgan fingerprint density at radius 3 is 2.64 bits per heavy atom. The third-order valence-electron chi connectivity index (χ3n) is 7.06. The second-order valence-corrected chi connectivity index (χ2v) is 10.6. The van der Waals surface area contributed by atoms with Gasteiger partial charge in [0.05, 0.1) is 30.5 Å². The summed E-state index contributed by atoms with van der Waals surface area (Å²) in [6.45, 7) is 8.79. The zero-order valence-corrected chi connectivity index (χ0v) is 25.9. The molecule has 1 aromatic heterocycles. The molecule has 0 saturated carbocycles. The number of hydrogen-bond acceptors (Lipinski definition) is 10. The Hall–Kier alpha value is -4.71. The van der Waals surface area contributed by atoms with Crippen LogP contribution in [-0.2, 0) is 16.1 Å². The van der Waals surface area contributed by atoms with Crippen molar-refractivity contribution in [3.8, 4) is 11.5 Å². The lowest BCUT2D eigenvalue weighted by Crippen LogP contribution is -2.37. The van der Waals surface area contributed by atoms with Gasteiger partial charge in [-0.15, -0.1) is 0 Å². The van der Waals surface area contributed by atoms with Crippen molar-refractivity contribution in [2.24, 2.45) is 0 Å². The molecule has 1 fully saturated rings. The molecule has 0 spiro atoms. The predicted octanol–water partition coefficient (Wildman–Crippen LogP) is 5.84. The zero-order valence-electron chi connectivity index (χ0n) is 25.1. The van der Waals surface area contributed by atoms with Gasteiger partial charge in [0.2, 0.25) is 17.8 Å². The normalized spacial score (nSPS) is 13.1. The van der Waals surface area contributed by atoms with Gasteiger partial charge in [-0.2, -0.15) is 4.98 Å². The number of carbonyl (C=O) groups excluding carboxylic acids is 1. The van der Waals surface area contributed by atoms with Crippen molar-refractivity contribution in [2.75, 3.05) is 62.0 Å². The molecule has 0 radical (unpaired) electrons. The summed E-state index contributed by atoms with van der Waals surface area (Å²) < 4.78 is 17.3. The third-order valence-corrected chi connectivity index (χ3v) is 7.35. The van der Waals surface area contributed by atoms with Gasteiger partial charge >= 0.3 is 0 Å². The number of benzene rings is 3. The average molecular weight is 630 g/mol. The first-order valence-electron chi connectivity index (χ1n) is 14.6. The first kappa shape index (κ1) is 31.7. The smallest absolute Gasteiger partial charge is 0.247 e. The summed E-state index contributed by atoms with van der Waals surface area (Å²) in [4.78, 5) is 29.5. The topological polar surface area (TPSA) is 114 Å². The van der Waals surface area contributed by atoms with Crippen LogP contribution in [0.15, 0.2) is 85.7 Å². The maximum atomic E-state index is 12.2. The fourth-order valence-electron chi connectivity index (χ4n) is 4.61. The molecular formula is C33H36ClN7O4. The van der Waals surface area contributed by atoms with Gasteiger partial charge in [0.15, 0.2) is 0 Å². The minimum Gasteiger partial charge on any atom is -0.491 e. The van der Waals surface area contributed by atoms with Gasteiger partial charge in [-0.05, 0) is 54.5 Å². The molecule has 4 aromatic rings. The number of nitrogens with one attached hydrogen (secondary N) is 2. The Labute approximate surface area is 267 Å². The molecule has 234 valence electrons. The molecule has 2 heterocycles. The second kappa shape index (κ2) is 15.8. The number of morpholine rings is 1. The first-order chi connectivity index (χ1) is 22.0. The number of ether oxygens (including phenoxy) is 3. The number of aromatic nitrogens is 3. The van der Waals surface area contributed by atoms with Gasteiger partial charge in [0.1, 0.15) is 24.4 Å². The summed E-state index contributed by atoms with van der Waals surface area (Å²) >= 11 is 6.55. The van der Waals surface area contributed by atoms with Crippen LogP contribution in [0.3, 0.4) is 0 Å². The Morgan fingerprint density at radius 1 is 1.07 bits per heavy atom. The number of amides is 1. The van der Waals surface area contributed by atoms with Gasteiger partial charge in [0.25, 0.3) is 0 Å². The molecule has 0 aliphatic carbocycles. The molecule has 1 saturated heterocycles. The molecule has 3 aromatic carbocycles. The van der Waals surface area contributed by atoms with Gasteiger partial charge < -0.3 is 29.7 Å². The monoisotopic (exact) mass is 629 g/mol. The van der Waals surface area contributed by atoms with E-state index < -0.39 is 0 Å². The van der Waals surface area contributed by atoms with Crippen molar-refractivity contribution in [1.29, 1.82) is 0 Å². The van der Waals surface area contributed by atoms with Crippen LogP contribution in [0.4, 0.5) is 29.0 Å². The number of halogens is 1. The van der Waals surface area contributed by atoms with Crippen molar-refractivity contribution in [1.82, 2.24) is 19.9 Å². The number of anilines is 5. The molecule has 12 heteroatoms. The summed E-state index contributed by atoms with van der Waals surface area (Å²) in [5.41, 5.74) is 2.98. The number of rotatable bonds is 14. The minimum atomic E-state index is -0.343. The summed E-state index contributed by atoms with van der Waals surface area (Å²) in [7, 11) is 1.84. The number of hydrogen-bond donors (Lipinski definition) is 2. The van der Waals surface area contributed by atoms with Gasteiger partial charge in [-0.3, -0.25) is 9.69 Å². The van der Waals surface area contributed by atoms with E-state index in [1.54, 1.807) is 23.1 Å². The molecular weight excluding hydrogens is 594 g/mol. The fraction of sp³-hybridized carbons (Fsp3) is 0.273. The van der Waals surface area contributed by atoms with Crippen LogP contribution in [0.1, 0.15) is 12.0 Å². The van der Waals surface area contributed by atoms with Crippen LogP contribution < -0.4 is 25.0 Å². The molecule has 0 bridgehead atoms. The summed E-state index contributed by atoms with van der Waals surface area (Å²) in [6.07, 6.45) is 3.49. The lowest BCUT2D eigenvalue weighted by Gasteiger charge is -2.26. The van der Waals surface area contributed by atoms with Crippen LogP contribution in [0.5, 0.6) is 11.5 Å². The maximum absolute atomic E-state index is 12.2. The largest absolute Gasteiger partial charge is 0.491 e. The number of carbonyl (C=O) groups is 1. The van der Waals surface area contributed by atoms with Gasteiger partial charge in [-0.1, -0.05) is 48.5 Å². The number of nitrogens with zero attached hydrogens (tertiary/aromatic N) is 5. The third kappa shape index (κ3) is 9.15. The van der Waals surface area contributed by atoms with Crippen LogP contribution in [0.25, 0.3) is 0 Å². The fourth-order valence-corrected chi connectivity index (χ4v) is 4.84. The van der Waals surface area contributed by atoms with E-state index in [4.69, 9.17) is 25.8 Å². The Balaban J connectivity index is 1.23. The van der Waals surface area contributed by atoms with Crippen molar-refractivity contribution in [3.05, 3.63) is 96.3 Å². The molecule has 2 N–H and O–H groups in total. The quantitative estimate of drug-likeness (QED) is 0.130. The lowest BCUT2D eigenvalue weighted by atomic mass is 10.2. The summed E-state index contributed by atoms with van der Waals surface area (Å²) in [6, 6.07) is 20.8. The van der Waals surface area contributed by atoms with Crippen LogP contribution in [0.2, 0.25) is 5.02 Å². The first-order valence-corrected chi connectivity index (χ1v) is 15.0. The average Bonchev–Trinajstić information content (AvgIpc) is 3.07. The van der Waals surface area contributed by atoms with Crippen molar-refractivity contribution >= 4 is 46.5 Å². The van der Waals surface area contributed by atoms with Crippen molar-refractivity contribution in [3.63, 3.8) is 0 Å². The standard InChI is InChI=1S/C33H36ClN7O4/c1-3-31(42)38-28-20-25(10-12-30(28)44-17-7-14-41-15-18-43-19-16-41)37-32-35-23-36-33(39-32)40(2)26-11-13-29(27(34)21-26)45-22-24-8-5-4-6-9-24/h3-6,8-13,20-21,23H,1,7,14-19,22H2,2H3,(H,38,42)(H,35,36,37,39). The molecule has 45 heavy (non-hydrogen) atoms. The van der Waals surface area contributed by atoms with Gasteiger partial charge in [0, 0.05) is 38.1 Å². The van der Waals surface area contributed by atoms with Crippen LogP contribution >= 0.6 is 11.6 Å². The van der Waals surface area contributed by atoms with E-state index in [0.717, 1.165) is 50.5 Å². The van der Waals surface area contributed by atoms with E-state index in [1.165, 1.54) is 12.4 Å². The zero-order chi connectivity index (χ0) is 31.4. The highest BCUT2D eigenvalue weighted by molar-refractivity contribution is 6.32. The van der Waals surface area contributed by atoms with E-state index in [0.29, 0.717) is 53.0 Å². The molecule has 11 nitrogen and oxygen atoms in total. The highest BCUT2D eigenvalue weighted by Gasteiger charge is 2.14. The summed E-state index contributed by atoms with van der Waals surface area (Å²) in [5, 5.41) is 6.48. The van der Waals surface area contributed by atoms with E-state index >= 15 is 0 Å². The molecule has 5 rings (SSSR count). The highest BCUT2D eigenvalue weighted by Crippen LogP contribution is 2.33. The van der Waals surface area contributed by atoms with E-state index in [2.05, 4.69) is 37.1 Å². The molecule has 0 unspecified atom stereocenters. The molecule has 1 aliphatic heterocycles. The molecule has 1 aliphatic rings. The van der Waals surface area contributed by atoms with Crippen molar-refractivity contribution in [2.45, 2.75) is 13.0 Å². The lowest BCUT2D eigenvalue weighted by molar-refractivity contribution is -0.111.